The topological polar surface area (TPSA) is 47.6 Å². The van der Waals surface area contributed by atoms with Crippen LogP contribution in [0.25, 0.3) is 10.8 Å². The largest absolute Gasteiger partial charge is 0.490 e. The molecule has 4 nitrogen and oxygen atoms in total. The van der Waals surface area contributed by atoms with Crippen molar-refractivity contribution in [3.63, 3.8) is 0 Å². The Balaban J connectivity index is 1.54. The van der Waals surface area contributed by atoms with E-state index in [1.54, 1.807) is 6.07 Å². The Morgan fingerprint density at radius 3 is 2.73 bits per heavy atom. The third-order valence-corrected chi connectivity index (χ3v) is 4.62. The number of amides is 1. The maximum atomic E-state index is 12.9. The first kappa shape index (κ1) is 16.6. The van der Waals surface area contributed by atoms with E-state index in [9.17, 15) is 4.79 Å². The van der Waals surface area contributed by atoms with Crippen LogP contribution in [0.5, 0.6) is 5.75 Å². The molecule has 1 saturated heterocycles. The van der Waals surface area contributed by atoms with E-state index in [2.05, 4.69) is 5.32 Å². The minimum atomic E-state index is -0.177. The lowest BCUT2D eigenvalue weighted by Crippen LogP contribution is -2.19. The number of nitrogens with one attached hydrogen (secondary N) is 1. The van der Waals surface area contributed by atoms with Crippen molar-refractivity contribution in [1.29, 1.82) is 0 Å². The molecule has 4 heteroatoms. The van der Waals surface area contributed by atoms with Crippen LogP contribution in [-0.4, -0.2) is 25.2 Å². The summed E-state index contributed by atoms with van der Waals surface area (Å²) in [5.74, 6) is 0.407. The Hall–Kier alpha value is -2.85. The third kappa shape index (κ3) is 3.55. The highest BCUT2D eigenvalue weighted by Crippen LogP contribution is 2.26. The van der Waals surface area contributed by atoms with Gasteiger partial charge in [-0.05, 0) is 36.4 Å². The monoisotopic (exact) mass is 347 g/mol. The maximum Gasteiger partial charge on any atom is 0.259 e. The minimum Gasteiger partial charge on any atom is -0.490 e. The van der Waals surface area contributed by atoms with E-state index in [0.717, 1.165) is 35.9 Å². The molecule has 3 aromatic rings. The summed E-state index contributed by atoms with van der Waals surface area (Å²) in [5.41, 5.74) is 1.32. The van der Waals surface area contributed by atoms with Crippen LogP contribution in [0, 0.1) is 0 Å². The molecule has 1 fully saturated rings. The Labute approximate surface area is 152 Å². The number of fused-ring (bicyclic) bond motifs is 1. The number of benzene rings is 3. The van der Waals surface area contributed by atoms with Crippen LogP contribution < -0.4 is 10.1 Å². The fourth-order valence-electron chi connectivity index (χ4n) is 3.26. The first-order chi connectivity index (χ1) is 12.8. The molecule has 3 aromatic carbocycles. The van der Waals surface area contributed by atoms with E-state index in [0.29, 0.717) is 17.9 Å². The number of ether oxygens (including phenoxy) is 2. The van der Waals surface area contributed by atoms with E-state index in [-0.39, 0.29) is 12.0 Å². The normalized spacial score (nSPS) is 16.5. The molecule has 1 amide bonds. The molecule has 1 atom stereocenters. The molecule has 0 radical (unpaired) electrons. The molecule has 1 aliphatic heterocycles. The lowest BCUT2D eigenvalue weighted by molar-refractivity contribution is 0.0673. The molecule has 1 heterocycles. The number of carbonyl (C=O) groups is 1. The molecule has 1 N–H and O–H groups in total. The molecule has 0 aromatic heterocycles. The molecule has 0 saturated carbocycles. The minimum absolute atomic E-state index is 0.115. The SMILES string of the molecule is O=C(Nc1cccc2ccccc12)c1ccccc1OCC1CCCO1. The lowest BCUT2D eigenvalue weighted by Gasteiger charge is -2.15. The van der Waals surface area contributed by atoms with Crippen molar-refractivity contribution in [2.24, 2.45) is 0 Å². The molecule has 0 aliphatic carbocycles. The number of para-hydroxylation sites is 1. The van der Waals surface area contributed by atoms with Gasteiger partial charge in [-0.1, -0.05) is 48.5 Å². The van der Waals surface area contributed by atoms with Crippen molar-refractivity contribution >= 4 is 22.4 Å². The van der Waals surface area contributed by atoms with Crippen molar-refractivity contribution in [2.45, 2.75) is 18.9 Å². The van der Waals surface area contributed by atoms with Gasteiger partial charge in [0, 0.05) is 17.7 Å². The van der Waals surface area contributed by atoms with Crippen molar-refractivity contribution in [3.8, 4) is 5.75 Å². The van der Waals surface area contributed by atoms with E-state index >= 15 is 0 Å². The highest BCUT2D eigenvalue weighted by atomic mass is 16.5. The highest BCUT2D eigenvalue weighted by molar-refractivity contribution is 6.10. The van der Waals surface area contributed by atoms with Gasteiger partial charge < -0.3 is 14.8 Å². The second-order valence-electron chi connectivity index (χ2n) is 6.42. The predicted octanol–water partition coefficient (Wildman–Crippen LogP) is 4.65. The van der Waals surface area contributed by atoms with E-state index in [4.69, 9.17) is 9.47 Å². The lowest BCUT2D eigenvalue weighted by atomic mass is 10.1. The number of hydrogen-bond acceptors (Lipinski definition) is 3. The summed E-state index contributed by atoms with van der Waals surface area (Å²) in [5, 5.41) is 5.13. The summed E-state index contributed by atoms with van der Waals surface area (Å²) >= 11 is 0. The summed E-state index contributed by atoms with van der Waals surface area (Å²) in [6.07, 6.45) is 2.19. The molecule has 1 aliphatic rings. The summed E-state index contributed by atoms with van der Waals surface area (Å²) in [6.45, 7) is 1.26. The van der Waals surface area contributed by atoms with Gasteiger partial charge in [0.05, 0.1) is 11.7 Å². The average molecular weight is 347 g/mol. The van der Waals surface area contributed by atoms with Crippen LogP contribution >= 0.6 is 0 Å². The molecule has 4 rings (SSSR count). The second-order valence-corrected chi connectivity index (χ2v) is 6.42. The van der Waals surface area contributed by atoms with Crippen LogP contribution in [0.15, 0.2) is 66.7 Å². The Kier molecular flexibility index (Phi) is 4.84. The van der Waals surface area contributed by atoms with Crippen LogP contribution in [0.1, 0.15) is 23.2 Å². The van der Waals surface area contributed by atoms with Crippen LogP contribution in [0.2, 0.25) is 0 Å². The number of carbonyl (C=O) groups excluding carboxylic acids is 1. The van der Waals surface area contributed by atoms with Gasteiger partial charge in [-0.15, -0.1) is 0 Å². The fourth-order valence-corrected chi connectivity index (χ4v) is 3.26. The second kappa shape index (κ2) is 7.58. The molecule has 1 unspecified atom stereocenters. The zero-order valence-electron chi connectivity index (χ0n) is 14.5. The molecule has 0 spiro atoms. The fraction of sp³-hybridized carbons (Fsp3) is 0.227. The Bertz CT molecular complexity index is 911. The maximum absolute atomic E-state index is 12.9. The van der Waals surface area contributed by atoms with Gasteiger partial charge in [0.15, 0.2) is 0 Å². The third-order valence-electron chi connectivity index (χ3n) is 4.62. The smallest absolute Gasteiger partial charge is 0.259 e. The number of anilines is 1. The van der Waals surface area contributed by atoms with Gasteiger partial charge in [0.1, 0.15) is 12.4 Å². The molecule has 26 heavy (non-hydrogen) atoms. The van der Waals surface area contributed by atoms with Gasteiger partial charge in [0.2, 0.25) is 0 Å². The van der Waals surface area contributed by atoms with Crippen molar-refractivity contribution in [2.75, 3.05) is 18.5 Å². The van der Waals surface area contributed by atoms with Gasteiger partial charge >= 0.3 is 0 Å². The quantitative estimate of drug-likeness (QED) is 0.731. The van der Waals surface area contributed by atoms with Gasteiger partial charge in [-0.3, -0.25) is 4.79 Å². The van der Waals surface area contributed by atoms with Crippen LogP contribution in [0.3, 0.4) is 0 Å². The number of hydrogen-bond donors (Lipinski definition) is 1. The van der Waals surface area contributed by atoms with Gasteiger partial charge in [-0.2, -0.15) is 0 Å². The first-order valence-electron chi connectivity index (χ1n) is 8.94. The highest BCUT2D eigenvalue weighted by Gasteiger charge is 2.18. The summed E-state index contributed by atoms with van der Waals surface area (Å²) in [6, 6.07) is 21.2. The van der Waals surface area contributed by atoms with Crippen LogP contribution in [-0.2, 0) is 4.74 Å². The molecule has 0 bridgehead atoms. The van der Waals surface area contributed by atoms with Gasteiger partial charge in [0.25, 0.3) is 5.91 Å². The summed E-state index contributed by atoms with van der Waals surface area (Å²) in [7, 11) is 0. The summed E-state index contributed by atoms with van der Waals surface area (Å²) in [4.78, 5) is 12.9. The summed E-state index contributed by atoms with van der Waals surface area (Å²) < 4.78 is 11.5. The van der Waals surface area contributed by atoms with E-state index in [1.165, 1.54) is 0 Å². The first-order valence-corrected chi connectivity index (χ1v) is 8.94. The zero-order chi connectivity index (χ0) is 17.8. The van der Waals surface area contributed by atoms with Crippen LogP contribution in [0.4, 0.5) is 5.69 Å². The van der Waals surface area contributed by atoms with E-state index in [1.807, 2.05) is 60.7 Å². The van der Waals surface area contributed by atoms with Crippen molar-refractivity contribution in [3.05, 3.63) is 72.3 Å². The molecular weight excluding hydrogens is 326 g/mol. The Morgan fingerprint density at radius 2 is 1.85 bits per heavy atom. The van der Waals surface area contributed by atoms with Gasteiger partial charge in [-0.25, -0.2) is 0 Å². The zero-order valence-corrected chi connectivity index (χ0v) is 14.5. The van der Waals surface area contributed by atoms with Crippen molar-refractivity contribution < 1.29 is 14.3 Å². The standard InChI is InChI=1S/C22H21NO3/c24-22(23-20-12-5-8-16-7-1-2-10-18(16)20)19-11-3-4-13-21(19)26-15-17-9-6-14-25-17/h1-5,7-8,10-13,17H,6,9,14-15H2,(H,23,24). The number of rotatable bonds is 5. The van der Waals surface area contributed by atoms with Crippen molar-refractivity contribution in [1.82, 2.24) is 0 Å². The Morgan fingerprint density at radius 1 is 1.04 bits per heavy atom. The van der Waals surface area contributed by atoms with E-state index < -0.39 is 0 Å². The molecular formula is C22H21NO3. The molecule has 132 valence electrons. The average Bonchev–Trinajstić information content (AvgIpc) is 3.20. The predicted molar refractivity (Wildman–Crippen MR) is 103 cm³/mol.